The van der Waals surface area contributed by atoms with Gasteiger partial charge in [0.05, 0.1) is 24.2 Å². The summed E-state index contributed by atoms with van der Waals surface area (Å²) in [7, 11) is -0.855. The number of non-ortho nitro benzene ring substituents is 1. The Labute approximate surface area is 146 Å². The van der Waals surface area contributed by atoms with Crippen molar-refractivity contribution in [2.75, 3.05) is 27.3 Å². The lowest BCUT2D eigenvalue weighted by molar-refractivity contribution is -0.385. The van der Waals surface area contributed by atoms with E-state index >= 15 is 0 Å². The van der Waals surface area contributed by atoms with Crippen LogP contribution in [0.1, 0.15) is 12.8 Å². The van der Waals surface area contributed by atoms with Crippen LogP contribution in [0.15, 0.2) is 27.5 Å². The Morgan fingerprint density at radius 1 is 1.48 bits per heavy atom. The van der Waals surface area contributed by atoms with Crippen molar-refractivity contribution in [2.45, 2.75) is 23.8 Å². The zero-order valence-corrected chi connectivity index (χ0v) is 14.8. The molecule has 1 atom stereocenters. The largest absolute Gasteiger partial charge is 0.492 e. The molecule has 0 spiro atoms. The number of nitro groups is 1. The molecular weight excluding hydrogens is 352 g/mol. The van der Waals surface area contributed by atoms with Crippen LogP contribution in [-0.4, -0.2) is 63.0 Å². The maximum absolute atomic E-state index is 12.3. The van der Waals surface area contributed by atoms with Crippen LogP contribution in [0.5, 0.6) is 5.75 Å². The van der Waals surface area contributed by atoms with Crippen LogP contribution in [0, 0.1) is 10.1 Å². The summed E-state index contributed by atoms with van der Waals surface area (Å²) >= 11 is 0. The van der Waals surface area contributed by atoms with E-state index in [4.69, 9.17) is 15.6 Å². The third-order valence-electron chi connectivity index (χ3n) is 3.04. The molecule has 0 fully saturated rings. The number of aliphatic hydroxyl groups is 1. The van der Waals surface area contributed by atoms with E-state index in [1.54, 1.807) is 14.1 Å². The highest BCUT2D eigenvalue weighted by molar-refractivity contribution is 7.90. The third kappa shape index (κ3) is 6.64. The van der Waals surface area contributed by atoms with Crippen molar-refractivity contribution in [1.82, 2.24) is 4.90 Å². The molecule has 1 unspecified atom stereocenters. The van der Waals surface area contributed by atoms with Crippen molar-refractivity contribution in [2.24, 2.45) is 10.1 Å². The number of aliphatic hydroxyl groups excluding tert-OH is 1. The molecule has 0 aliphatic carbocycles. The second kappa shape index (κ2) is 9.30. The molecule has 0 heterocycles. The summed E-state index contributed by atoms with van der Waals surface area (Å²) in [6, 6.07) is 2.81. The number of nitrogens with two attached hydrogens (primary N) is 1. The highest BCUT2D eigenvalue weighted by Gasteiger charge is 2.22. The number of nitro benzene ring substituents is 1. The average molecular weight is 374 g/mol. The molecule has 1 aromatic rings. The van der Waals surface area contributed by atoms with E-state index in [-0.39, 0.29) is 29.5 Å². The zero-order valence-electron chi connectivity index (χ0n) is 14.0. The molecule has 1 rings (SSSR count). The Balaban J connectivity index is 3.06. The monoisotopic (exact) mass is 374 g/mol. The summed E-state index contributed by atoms with van der Waals surface area (Å²) in [6.45, 7) is -0.0789. The molecule has 0 amide bonds. The number of rotatable bonds is 10. The Bertz CT molecular complexity index is 720. The molecule has 0 aliphatic heterocycles. The van der Waals surface area contributed by atoms with Crippen LogP contribution < -0.4 is 10.5 Å². The van der Waals surface area contributed by atoms with E-state index in [0.717, 1.165) is 24.5 Å². The van der Waals surface area contributed by atoms with Gasteiger partial charge in [-0.25, -0.2) is 0 Å². The number of benzene rings is 1. The topological polar surface area (TPSA) is 148 Å². The lowest BCUT2D eigenvalue weighted by atomic mass is 10.2. The average Bonchev–Trinajstić information content (AvgIpc) is 2.56. The number of sulfonamides is 1. The predicted octanol–water partition coefficient (Wildman–Crippen LogP) is 0.352. The smallest absolute Gasteiger partial charge is 0.287 e. The highest BCUT2D eigenvalue weighted by atomic mass is 32.2. The lowest BCUT2D eigenvalue weighted by Crippen LogP contribution is -2.24. The minimum atomic E-state index is -4.07. The fraction of sp³-hybridized carbons (Fsp3) is 0.500. The van der Waals surface area contributed by atoms with E-state index < -0.39 is 21.0 Å². The molecule has 0 aliphatic rings. The maximum atomic E-state index is 12.3. The number of nitrogens with zero attached hydrogens (tertiary/aromatic N) is 3. The molecule has 0 bridgehead atoms. The van der Waals surface area contributed by atoms with Crippen LogP contribution >= 0.6 is 0 Å². The normalized spacial score (nSPS) is 13.0. The van der Waals surface area contributed by atoms with Gasteiger partial charge in [0, 0.05) is 26.2 Å². The molecule has 3 N–H and O–H groups in total. The van der Waals surface area contributed by atoms with Crippen molar-refractivity contribution in [3.05, 3.63) is 28.3 Å². The quantitative estimate of drug-likeness (QED) is 0.196. The molecule has 0 saturated carbocycles. The van der Waals surface area contributed by atoms with Gasteiger partial charge in [0.15, 0.2) is 0 Å². The van der Waals surface area contributed by atoms with Crippen LogP contribution in [-0.2, 0) is 10.0 Å². The van der Waals surface area contributed by atoms with Gasteiger partial charge < -0.3 is 20.5 Å². The Morgan fingerprint density at radius 2 is 2.16 bits per heavy atom. The van der Waals surface area contributed by atoms with Gasteiger partial charge in [0.25, 0.3) is 15.7 Å². The maximum Gasteiger partial charge on any atom is 0.287 e. The third-order valence-corrected chi connectivity index (χ3v) is 4.31. The first-order valence-electron chi connectivity index (χ1n) is 7.42. The van der Waals surface area contributed by atoms with Crippen LogP contribution in [0.25, 0.3) is 0 Å². The summed E-state index contributed by atoms with van der Waals surface area (Å²) in [4.78, 5) is 11.4. The number of hydrogen-bond acceptors (Lipinski definition) is 7. The van der Waals surface area contributed by atoms with Gasteiger partial charge in [-0.15, -0.1) is 4.40 Å². The zero-order chi connectivity index (χ0) is 19.0. The first-order valence-corrected chi connectivity index (χ1v) is 8.86. The van der Waals surface area contributed by atoms with E-state index in [2.05, 4.69) is 4.40 Å². The van der Waals surface area contributed by atoms with Gasteiger partial charge in [0.2, 0.25) is 0 Å². The Hall–Kier alpha value is -2.24. The first-order chi connectivity index (χ1) is 11.7. The van der Waals surface area contributed by atoms with E-state index in [1.165, 1.54) is 4.90 Å². The second-order valence-electron chi connectivity index (χ2n) is 5.48. The van der Waals surface area contributed by atoms with Gasteiger partial charge in [0.1, 0.15) is 17.0 Å². The molecule has 140 valence electrons. The minimum Gasteiger partial charge on any atom is -0.492 e. The van der Waals surface area contributed by atoms with Crippen LogP contribution in [0.4, 0.5) is 5.69 Å². The number of hydrogen-bond donors (Lipinski definition) is 2. The van der Waals surface area contributed by atoms with E-state index in [9.17, 15) is 18.5 Å². The van der Waals surface area contributed by atoms with Crippen LogP contribution in [0.2, 0.25) is 0 Å². The summed E-state index contributed by atoms with van der Waals surface area (Å²) in [5.74, 6) is -0.150. The molecule has 25 heavy (non-hydrogen) atoms. The van der Waals surface area contributed by atoms with Gasteiger partial charge in [-0.1, -0.05) is 0 Å². The molecular formula is C14H22N4O6S. The second-order valence-corrected chi connectivity index (χ2v) is 7.08. The fourth-order valence-electron chi connectivity index (χ4n) is 1.77. The molecule has 1 aromatic carbocycles. The van der Waals surface area contributed by atoms with Crippen molar-refractivity contribution in [1.29, 1.82) is 0 Å². The number of ether oxygens (including phenoxy) is 1. The van der Waals surface area contributed by atoms with Crippen molar-refractivity contribution in [3.8, 4) is 5.75 Å². The minimum absolute atomic E-state index is 0.0920. The SMILES string of the molecule is CN(C)/C=N/S(=O)(=O)c1ccc([N+](=O)[O-])cc1OCCCC(N)CO. The predicted molar refractivity (Wildman–Crippen MR) is 92.3 cm³/mol. The first kappa shape index (κ1) is 20.8. The summed E-state index contributed by atoms with van der Waals surface area (Å²) in [5, 5.41) is 19.8. The molecule has 0 aromatic heterocycles. The fourth-order valence-corrected chi connectivity index (χ4v) is 2.81. The molecule has 0 saturated heterocycles. The van der Waals surface area contributed by atoms with E-state index in [1.807, 2.05) is 0 Å². The van der Waals surface area contributed by atoms with Crippen molar-refractivity contribution in [3.63, 3.8) is 0 Å². The van der Waals surface area contributed by atoms with Gasteiger partial charge in [-0.05, 0) is 18.9 Å². The summed E-state index contributed by atoms with van der Waals surface area (Å²) < 4.78 is 33.5. The lowest BCUT2D eigenvalue weighted by Gasteiger charge is -2.12. The summed E-state index contributed by atoms with van der Waals surface area (Å²) in [5.41, 5.74) is 5.27. The van der Waals surface area contributed by atoms with Crippen molar-refractivity contribution < 1.29 is 23.2 Å². The Morgan fingerprint density at radius 3 is 2.72 bits per heavy atom. The summed E-state index contributed by atoms with van der Waals surface area (Å²) in [6.07, 6.45) is 2.03. The highest BCUT2D eigenvalue weighted by Crippen LogP contribution is 2.30. The van der Waals surface area contributed by atoms with Gasteiger partial charge in [-0.2, -0.15) is 8.42 Å². The van der Waals surface area contributed by atoms with Crippen molar-refractivity contribution >= 4 is 22.0 Å². The molecule has 0 radical (unpaired) electrons. The van der Waals surface area contributed by atoms with E-state index in [0.29, 0.717) is 12.8 Å². The standard InChI is InChI=1S/C14H22N4O6S/c1-17(2)10-16-25(22,23)14-6-5-12(18(20)21)8-13(14)24-7-3-4-11(15)9-19/h5-6,8,10-11,19H,3-4,7,9,15H2,1-2H3/b16-10+. The van der Waals surface area contributed by atoms with Gasteiger partial charge >= 0.3 is 0 Å². The molecule has 10 nitrogen and oxygen atoms in total. The Kier molecular flexibility index (Phi) is 7.74. The molecule has 11 heteroatoms. The van der Waals surface area contributed by atoms with Crippen LogP contribution in [0.3, 0.4) is 0 Å². The van der Waals surface area contributed by atoms with Gasteiger partial charge in [-0.3, -0.25) is 10.1 Å².